The molecule has 0 fully saturated rings. The average Bonchev–Trinajstić information content (AvgIpc) is 3.42. The normalized spacial score (nSPS) is 14.4. The first-order chi connectivity index (χ1) is 16.1. The molecule has 0 aliphatic carbocycles. The van der Waals surface area contributed by atoms with E-state index in [0.717, 1.165) is 54.1 Å². The van der Waals surface area contributed by atoms with Gasteiger partial charge in [-0.05, 0) is 42.7 Å². The summed E-state index contributed by atoms with van der Waals surface area (Å²) in [7, 11) is 0. The third-order valence-electron chi connectivity index (χ3n) is 5.96. The van der Waals surface area contributed by atoms with E-state index >= 15 is 0 Å². The highest BCUT2D eigenvalue weighted by atomic mass is 35.5. The Hall–Kier alpha value is -2.34. The van der Waals surface area contributed by atoms with Gasteiger partial charge in [-0.3, -0.25) is 0 Å². The molecular formula is C25H23Cl3N4O. The molecule has 1 aliphatic rings. The molecule has 5 rings (SSSR count). The highest BCUT2D eigenvalue weighted by Gasteiger charge is 2.25. The fourth-order valence-electron chi connectivity index (χ4n) is 4.29. The first kappa shape index (κ1) is 22.5. The summed E-state index contributed by atoms with van der Waals surface area (Å²) in [6.07, 6.45) is 7.36. The zero-order valence-electron chi connectivity index (χ0n) is 18.0. The van der Waals surface area contributed by atoms with Gasteiger partial charge < -0.3 is 9.09 Å². The summed E-state index contributed by atoms with van der Waals surface area (Å²) in [5.74, 6) is 2.14. The number of hydrogen-bond donors (Lipinski definition) is 0. The number of halogens is 3. The van der Waals surface area contributed by atoms with Crippen LogP contribution in [-0.4, -0.2) is 19.7 Å². The van der Waals surface area contributed by atoms with Crippen molar-refractivity contribution < 1.29 is 4.52 Å². The minimum Gasteiger partial charge on any atom is -0.332 e. The zero-order chi connectivity index (χ0) is 22.8. The minimum atomic E-state index is 0.480. The third-order valence-corrected chi connectivity index (χ3v) is 6.95. The van der Waals surface area contributed by atoms with Crippen LogP contribution >= 0.6 is 34.8 Å². The minimum absolute atomic E-state index is 0.480. The molecule has 0 amide bonds. The number of aromatic nitrogens is 4. The lowest BCUT2D eigenvalue weighted by atomic mass is 10.1. The van der Waals surface area contributed by atoms with Gasteiger partial charge in [0.25, 0.3) is 5.89 Å². The van der Waals surface area contributed by atoms with E-state index in [0.29, 0.717) is 33.2 Å². The number of benzene rings is 2. The van der Waals surface area contributed by atoms with Gasteiger partial charge in [-0.2, -0.15) is 4.98 Å². The van der Waals surface area contributed by atoms with Crippen molar-refractivity contribution >= 4 is 34.8 Å². The maximum Gasteiger partial charge on any atom is 0.276 e. The smallest absolute Gasteiger partial charge is 0.276 e. The van der Waals surface area contributed by atoms with Crippen LogP contribution in [0, 0.1) is 0 Å². The summed E-state index contributed by atoms with van der Waals surface area (Å²) < 4.78 is 8.05. The number of hydrogen-bond acceptors (Lipinski definition) is 4. The van der Waals surface area contributed by atoms with Gasteiger partial charge in [-0.25, -0.2) is 4.98 Å². The lowest BCUT2D eigenvalue weighted by Gasteiger charge is -2.09. The van der Waals surface area contributed by atoms with Crippen molar-refractivity contribution in [3.8, 4) is 22.8 Å². The molecule has 8 heteroatoms. The molecule has 0 unspecified atom stereocenters. The second kappa shape index (κ2) is 9.88. The van der Waals surface area contributed by atoms with Crippen LogP contribution in [0.15, 0.2) is 47.0 Å². The van der Waals surface area contributed by atoms with E-state index in [1.54, 1.807) is 6.07 Å². The van der Waals surface area contributed by atoms with Crippen LogP contribution in [0.3, 0.4) is 0 Å². The van der Waals surface area contributed by atoms with Gasteiger partial charge >= 0.3 is 0 Å². The van der Waals surface area contributed by atoms with Crippen LogP contribution < -0.4 is 0 Å². The Morgan fingerprint density at radius 2 is 1.64 bits per heavy atom. The summed E-state index contributed by atoms with van der Waals surface area (Å²) in [6.45, 7) is 0.885. The second-order valence-corrected chi connectivity index (χ2v) is 9.59. The summed E-state index contributed by atoms with van der Waals surface area (Å²) >= 11 is 18.4. The van der Waals surface area contributed by atoms with Crippen LogP contribution in [0.2, 0.25) is 15.1 Å². The Balaban J connectivity index is 1.56. The fourth-order valence-corrected chi connectivity index (χ4v) is 4.74. The monoisotopic (exact) mass is 500 g/mol. The van der Waals surface area contributed by atoms with Gasteiger partial charge in [-0.15, -0.1) is 0 Å². The van der Waals surface area contributed by atoms with Crippen molar-refractivity contribution in [2.45, 2.75) is 51.5 Å². The van der Waals surface area contributed by atoms with Crippen molar-refractivity contribution in [3.05, 3.63) is 74.7 Å². The van der Waals surface area contributed by atoms with Gasteiger partial charge in [0.05, 0.1) is 10.0 Å². The van der Waals surface area contributed by atoms with Crippen LogP contribution in [0.4, 0.5) is 0 Å². The molecule has 0 saturated heterocycles. The van der Waals surface area contributed by atoms with E-state index in [-0.39, 0.29) is 0 Å². The number of imidazole rings is 1. The van der Waals surface area contributed by atoms with Crippen molar-refractivity contribution in [2.75, 3.05) is 0 Å². The second-order valence-electron chi connectivity index (χ2n) is 8.34. The quantitative estimate of drug-likeness (QED) is 0.288. The standard InChI is InChI=1S/C25H23Cl3N4O/c26-18-10-8-17(9-11-18)23-24(32-13-5-3-1-2-4-6-22(32)30-23)25-29-21(31-33-25)15-16-7-12-19(27)20(28)14-16/h7-12,14H,1-6,13,15H2. The highest BCUT2D eigenvalue weighted by Crippen LogP contribution is 2.34. The summed E-state index contributed by atoms with van der Waals surface area (Å²) in [4.78, 5) is 9.79. The Morgan fingerprint density at radius 1 is 0.848 bits per heavy atom. The van der Waals surface area contributed by atoms with E-state index in [1.807, 2.05) is 36.4 Å². The van der Waals surface area contributed by atoms with E-state index in [9.17, 15) is 0 Å². The Labute approximate surface area is 207 Å². The molecule has 0 bridgehead atoms. The summed E-state index contributed by atoms with van der Waals surface area (Å²) in [5.41, 5.74) is 3.68. The fraction of sp³-hybridized carbons (Fsp3) is 0.320. The van der Waals surface area contributed by atoms with Gasteiger partial charge in [0.15, 0.2) is 5.82 Å². The molecule has 4 aromatic rings. The van der Waals surface area contributed by atoms with Gasteiger partial charge in [0, 0.05) is 30.0 Å². The topological polar surface area (TPSA) is 56.7 Å². The number of aryl methyl sites for hydroxylation is 1. The Morgan fingerprint density at radius 3 is 2.45 bits per heavy atom. The van der Waals surface area contributed by atoms with Crippen LogP contribution in [0.1, 0.15) is 49.3 Å². The Kier molecular flexibility index (Phi) is 6.72. The number of rotatable bonds is 4. The Bertz CT molecular complexity index is 1260. The number of fused-ring (bicyclic) bond motifs is 1. The molecule has 1 aliphatic heterocycles. The molecule has 3 heterocycles. The molecule has 170 valence electrons. The van der Waals surface area contributed by atoms with Crippen LogP contribution in [0.25, 0.3) is 22.8 Å². The van der Waals surface area contributed by atoms with E-state index < -0.39 is 0 Å². The van der Waals surface area contributed by atoms with Gasteiger partial charge in [-0.1, -0.05) is 77.4 Å². The average molecular weight is 502 g/mol. The molecule has 0 saturated carbocycles. The first-order valence-electron chi connectivity index (χ1n) is 11.2. The largest absolute Gasteiger partial charge is 0.332 e. The predicted octanol–water partition coefficient (Wildman–Crippen LogP) is 7.66. The van der Waals surface area contributed by atoms with Crippen molar-refractivity contribution in [1.82, 2.24) is 19.7 Å². The summed E-state index contributed by atoms with van der Waals surface area (Å²) in [6, 6.07) is 13.3. The molecule has 5 nitrogen and oxygen atoms in total. The highest BCUT2D eigenvalue weighted by molar-refractivity contribution is 6.42. The van der Waals surface area contributed by atoms with Gasteiger partial charge in [0.2, 0.25) is 0 Å². The van der Waals surface area contributed by atoms with Crippen LogP contribution in [0.5, 0.6) is 0 Å². The molecule has 2 aromatic carbocycles. The van der Waals surface area contributed by atoms with Crippen molar-refractivity contribution in [1.29, 1.82) is 0 Å². The SMILES string of the molecule is Clc1ccc(-c2nc3n(c2-c2nc(Cc4ccc(Cl)c(Cl)c4)no2)CCCCCCC3)cc1. The third kappa shape index (κ3) is 4.96. The van der Waals surface area contributed by atoms with Gasteiger partial charge in [0.1, 0.15) is 17.2 Å². The lowest BCUT2D eigenvalue weighted by molar-refractivity contribution is 0.419. The zero-order valence-corrected chi connectivity index (χ0v) is 20.3. The molecule has 0 radical (unpaired) electrons. The molecule has 0 spiro atoms. The van der Waals surface area contributed by atoms with Crippen LogP contribution in [-0.2, 0) is 19.4 Å². The van der Waals surface area contributed by atoms with E-state index in [2.05, 4.69) is 9.72 Å². The first-order valence-corrected chi connectivity index (χ1v) is 12.3. The molecule has 0 atom stereocenters. The number of nitrogens with zero attached hydrogens (tertiary/aromatic N) is 4. The maximum absolute atomic E-state index is 6.17. The van der Waals surface area contributed by atoms with E-state index in [4.69, 9.17) is 49.3 Å². The molecule has 0 N–H and O–H groups in total. The maximum atomic E-state index is 6.17. The van der Waals surface area contributed by atoms with Crippen molar-refractivity contribution in [2.24, 2.45) is 0 Å². The molecule has 2 aromatic heterocycles. The predicted molar refractivity (Wildman–Crippen MR) is 132 cm³/mol. The molecular weight excluding hydrogens is 479 g/mol. The van der Waals surface area contributed by atoms with Crippen molar-refractivity contribution in [3.63, 3.8) is 0 Å². The van der Waals surface area contributed by atoms with E-state index in [1.165, 1.54) is 19.3 Å². The lowest BCUT2D eigenvalue weighted by Crippen LogP contribution is -2.05. The summed E-state index contributed by atoms with van der Waals surface area (Å²) in [5, 5.41) is 5.98. The molecule has 33 heavy (non-hydrogen) atoms.